The minimum atomic E-state index is -0.190. The van der Waals surface area contributed by atoms with Crippen molar-refractivity contribution in [1.29, 1.82) is 0 Å². The summed E-state index contributed by atoms with van der Waals surface area (Å²) in [5, 5.41) is 1.30. The van der Waals surface area contributed by atoms with Gasteiger partial charge in [0.25, 0.3) is 0 Å². The number of hydrogen-bond acceptors (Lipinski definition) is 4. The van der Waals surface area contributed by atoms with Crippen LogP contribution in [0.4, 0.5) is 0 Å². The summed E-state index contributed by atoms with van der Waals surface area (Å²) in [6.45, 7) is 3.75. The van der Waals surface area contributed by atoms with Gasteiger partial charge < -0.3 is 9.47 Å². The van der Waals surface area contributed by atoms with E-state index < -0.39 is 0 Å². The Morgan fingerprint density at radius 1 is 1.06 bits per heavy atom. The highest BCUT2D eigenvalue weighted by Crippen LogP contribution is 2.66. The van der Waals surface area contributed by atoms with Gasteiger partial charge in [-0.05, 0) is 68.9 Å². The van der Waals surface area contributed by atoms with E-state index in [1.54, 1.807) is 0 Å². The molecule has 3 saturated carbocycles. The first kappa shape index (κ1) is 12.8. The van der Waals surface area contributed by atoms with E-state index in [0.717, 1.165) is 25.2 Å². The summed E-state index contributed by atoms with van der Waals surface area (Å²) in [6, 6.07) is 0. The van der Waals surface area contributed by atoms with Crippen molar-refractivity contribution >= 4 is 34.5 Å². The first-order chi connectivity index (χ1) is 8.49. The fourth-order valence-corrected chi connectivity index (χ4v) is 5.20. The van der Waals surface area contributed by atoms with Crippen molar-refractivity contribution in [2.24, 2.45) is 11.8 Å². The van der Waals surface area contributed by atoms with Gasteiger partial charge in [0.05, 0.1) is 0 Å². The van der Waals surface area contributed by atoms with Crippen LogP contribution in [0.15, 0.2) is 0 Å². The predicted molar refractivity (Wildman–Crippen MR) is 78.9 cm³/mol. The van der Waals surface area contributed by atoms with Crippen molar-refractivity contribution in [2.45, 2.75) is 63.6 Å². The van der Waals surface area contributed by atoms with Crippen LogP contribution in [0.1, 0.15) is 52.4 Å². The lowest BCUT2D eigenvalue weighted by Gasteiger charge is -2.46. The Bertz CT molecular complexity index is 409. The maximum Gasteiger partial charge on any atom is 0.157 e. The Labute approximate surface area is 119 Å². The van der Waals surface area contributed by atoms with Gasteiger partial charge in [0.2, 0.25) is 0 Å². The SMILES string of the molecule is CC(=S)OC12CCC(C1)C1CCCC12OC(C)=S. The third-order valence-corrected chi connectivity index (χ3v) is 5.35. The van der Waals surface area contributed by atoms with E-state index in [-0.39, 0.29) is 11.2 Å². The Kier molecular flexibility index (Phi) is 2.94. The maximum absolute atomic E-state index is 6.21. The molecule has 0 N–H and O–H groups in total. The van der Waals surface area contributed by atoms with Gasteiger partial charge in [0.15, 0.2) is 15.7 Å². The lowest BCUT2D eigenvalue weighted by molar-refractivity contribution is -0.130. The molecular weight excluding hydrogens is 264 g/mol. The first-order valence-electron chi connectivity index (χ1n) is 6.88. The van der Waals surface area contributed by atoms with Crippen LogP contribution in [0, 0.1) is 11.8 Å². The van der Waals surface area contributed by atoms with Crippen molar-refractivity contribution in [1.82, 2.24) is 0 Å². The minimum Gasteiger partial charge on any atom is -0.477 e. The van der Waals surface area contributed by atoms with E-state index in [0.29, 0.717) is 16.0 Å². The molecule has 2 bridgehead atoms. The molecule has 0 radical (unpaired) electrons. The zero-order chi connectivity index (χ0) is 13.0. The smallest absolute Gasteiger partial charge is 0.157 e. The van der Waals surface area contributed by atoms with Gasteiger partial charge >= 0.3 is 0 Å². The molecule has 4 atom stereocenters. The number of thiocarbonyl (C=S) groups is 2. The zero-order valence-electron chi connectivity index (χ0n) is 11.0. The first-order valence-corrected chi connectivity index (χ1v) is 7.70. The summed E-state index contributed by atoms with van der Waals surface area (Å²) in [4.78, 5) is 0. The monoisotopic (exact) mass is 284 g/mol. The minimum absolute atomic E-state index is 0.179. The van der Waals surface area contributed by atoms with Gasteiger partial charge in [-0.25, -0.2) is 0 Å². The van der Waals surface area contributed by atoms with Crippen LogP contribution in [-0.2, 0) is 9.47 Å². The highest BCUT2D eigenvalue weighted by Gasteiger charge is 2.72. The molecule has 0 aliphatic heterocycles. The molecule has 0 saturated heterocycles. The molecule has 0 heterocycles. The Morgan fingerprint density at radius 2 is 1.78 bits per heavy atom. The van der Waals surface area contributed by atoms with Crippen molar-refractivity contribution in [3.63, 3.8) is 0 Å². The largest absolute Gasteiger partial charge is 0.477 e. The molecule has 4 unspecified atom stereocenters. The molecule has 0 aromatic heterocycles. The molecule has 100 valence electrons. The molecule has 0 aromatic carbocycles. The van der Waals surface area contributed by atoms with Crippen LogP contribution < -0.4 is 0 Å². The van der Waals surface area contributed by atoms with E-state index >= 15 is 0 Å². The molecule has 0 aromatic rings. The summed E-state index contributed by atoms with van der Waals surface area (Å²) in [7, 11) is 0. The van der Waals surface area contributed by atoms with Crippen LogP contribution in [0.5, 0.6) is 0 Å². The van der Waals surface area contributed by atoms with E-state index in [1.165, 1.54) is 19.3 Å². The molecule has 3 fully saturated rings. The number of rotatable bonds is 2. The number of ether oxygens (including phenoxy) is 2. The third-order valence-electron chi connectivity index (χ3n) is 5.18. The van der Waals surface area contributed by atoms with Crippen LogP contribution in [0.2, 0.25) is 0 Å². The average molecular weight is 284 g/mol. The number of hydrogen-bond donors (Lipinski definition) is 0. The van der Waals surface area contributed by atoms with E-state index in [4.69, 9.17) is 33.9 Å². The van der Waals surface area contributed by atoms with Crippen LogP contribution in [0.3, 0.4) is 0 Å². The summed E-state index contributed by atoms with van der Waals surface area (Å²) >= 11 is 10.4. The standard InChI is InChI=1S/C14H20O2S2/c1-9(17)15-13-7-5-11(8-13)12-4-3-6-14(12,13)16-10(2)18/h11-12H,3-8H2,1-2H3. The summed E-state index contributed by atoms with van der Waals surface area (Å²) in [6.07, 6.45) is 7.00. The fraction of sp³-hybridized carbons (Fsp3) is 0.857. The average Bonchev–Trinajstić information content (AvgIpc) is 2.85. The molecule has 18 heavy (non-hydrogen) atoms. The van der Waals surface area contributed by atoms with Crippen LogP contribution in [0.25, 0.3) is 0 Å². The summed E-state index contributed by atoms with van der Waals surface area (Å²) < 4.78 is 12.4. The molecule has 0 amide bonds. The molecule has 3 aliphatic carbocycles. The fourth-order valence-electron chi connectivity index (χ4n) is 4.89. The van der Waals surface area contributed by atoms with E-state index in [2.05, 4.69) is 0 Å². The van der Waals surface area contributed by atoms with E-state index in [1.807, 2.05) is 13.8 Å². The normalized spacial score (nSPS) is 44.8. The Balaban J connectivity index is 2.00. The maximum atomic E-state index is 6.21. The topological polar surface area (TPSA) is 18.5 Å². The van der Waals surface area contributed by atoms with Gasteiger partial charge in [-0.15, -0.1) is 0 Å². The van der Waals surface area contributed by atoms with Crippen molar-refractivity contribution in [2.75, 3.05) is 0 Å². The second-order valence-electron chi connectivity index (χ2n) is 6.07. The number of fused-ring (bicyclic) bond motifs is 5. The second-order valence-corrected chi connectivity index (χ2v) is 7.22. The molecule has 0 spiro atoms. The quantitative estimate of drug-likeness (QED) is 0.718. The highest BCUT2D eigenvalue weighted by atomic mass is 32.1. The van der Waals surface area contributed by atoms with Gasteiger partial charge in [0, 0.05) is 19.8 Å². The van der Waals surface area contributed by atoms with Gasteiger partial charge in [-0.1, -0.05) is 0 Å². The lowest BCUT2D eigenvalue weighted by atomic mass is 9.74. The van der Waals surface area contributed by atoms with Gasteiger partial charge in [0.1, 0.15) is 5.60 Å². The summed E-state index contributed by atoms with van der Waals surface area (Å²) in [5.41, 5.74) is -0.368. The van der Waals surface area contributed by atoms with Crippen LogP contribution >= 0.6 is 24.4 Å². The highest BCUT2D eigenvalue weighted by molar-refractivity contribution is 7.80. The molecule has 4 heteroatoms. The Morgan fingerprint density at radius 3 is 2.44 bits per heavy atom. The molecule has 3 rings (SSSR count). The second kappa shape index (κ2) is 4.14. The van der Waals surface area contributed by atoms with Crippen molar-refractivity contribution < 1.29 is 9.47 Å². The molecule has 2 nitrogen and oxygen atoms in total. The van der Waals surface area contributed by atoms with Crippen molar-refractivity contribution in [3.8, 4) is 0 Å². The molecular formula is C14H20O2S2. The van der Waals surface area contributed by atoms with Crippen LogP contribution in [-0.4, -0.2) is 21.3 Å². The Hall–Kier alpha value is -0.220. The van der Waals surface area contributed by atoms with Gasteiger partial charge in [-0.3, -0.25) is 0 Å². The predicted octanol–water partition coefficient (Wildman–Crippen LogP) is 3.81. The molecule has 3 aliphatic rings. The van der Waals surface area contributed by atoms with Crippen molar-refractivity contribution in [3.05, 3.63) is 0 Å². The van der Waals surface area contributed by atoms with E-state index in [9.17, 15) is 0 Å². The zero-order valence-corrected chi connectivity index (χ0v) is 12.7. The third kappa shape index (κ3) is 1.58. The van der Waals surface area contributed by atoms with Gasteiger partial charge in [-0.2, -0.15) is 0 Å². The summed E-state index contributed by atoms with van der Waals surface area (Å²) in [5.74, 6) is 1.37. The lowest BCUT2D eigenvalue weighted by Crippen LogP contribution is -2.57.